The highest BCUT2D eigenvalue weighted by Gasteiger charge is 2.53. The van der Waals surface area contributed by atoms with Crippen molar-refractivity contribution < 1.29 is 0 Å². The third kappa shape index (κ3) is 3.30. The van der Waals surface area contributed by atoms with Crippen molar-refractivity contribution in [2.75, 3.05) is 0 Å². The van der Waals surface area contributed by atoms with Crippen LogP contribution in [0.2, 0.25) is 0 Å². The number of rotatable bonds is 4. The number of hydrogen-bond acceptors (Lipinski definition) is 0. The van der Waals surface area contributed by atoms with E-state index in [1.807, 2.05) is 0 Å². The van der Waals surface area contributed by atoms with E-state index < -0.39 is 0 Å². The Hall–Kier alpha value is -4.16. The van der Waals surface area contributed by atoms with Crippen molar-refractivity contribution >= 4 is 6.08 Å². The van der Waals surface area contributed by atoms with Crippen molar-refractivity contribution in [3.63, 3.8) is 0 Å². The molecule has 7 rings (SSSR count). The Labute approximate surface area is 226 Å². The zero-order valence-corrected chi connectivity index (χ0v) is 22.3. The average Bonchev–Trinajstić information content (AvgIpc) is 3.49. The standard InChI is InChI=1S/C38H32/c1-25-14-18-31-28(22-25)17-21-36(31)38(29-10-6-4-7-11-29,30-12-8-5-9-13-30)37-34-23-26(2)15-19-32(34)33-20-16-27(3)24-35(33)37/h4-24,36-37H,1-3H3. The molecule has 0 heteroatoms. The Morgan fingerprint density at radius 1 is 0.500 bits per heavy atom. The Bertz CT molecular complexity index is 1600. The van der Waals surface area contributed by atoms with Gasteiger partial charge in [0.05, 0.1) is 0 Å². The maximum Gasteiger partial charge on any atom is 0.0415 e. The monoisotopic (exact) mass is 488 g/mol. The van der Waals surface area contributed by atoms with Gasteiger partial charge in [0.25, 0.3) is 0 Å². The smallest absolute Gasteiger partial charge is 0.0415 e. The molecule has 0 aliphatic heterocycles. The van der Waals surface area contributed by atoms with Crippen molar-refractivity contribution in [3.05, 3.63) is 171 Å². The van der Waals surface area contributed by atoms with Gasteiger partial charge in [0.1, 0.15) is 0 Å². The maximum atomic E-state index is 2.48. The van der Waals surface area contributed by atoms with E-state index in [4.69, 9.17) is 0 Å². The van der Waals surface area contributed by atoms with Crippen LogP contribution in [-0.4, -0.2) is 0 Å². The number of aryl methyl sites for hydroxylation is 3. The van der Waals surface area contributed by atoms with Crippen LogP contribution in [0.1, 0.15) is 61.9 Å². The molecule has 0 aromatic heterocycles. The predicted octanol–water partition coefficient (Wildman–Crippen LogP) is 9.52. The van der Waals surface area contributed by atoms with Gasteiger partial charge in [-0.3, -0.25) is 0 Å². The van der Waals surface area contributed by atoms with Crippen LogP contribution in [0.4, 0.5) is 0 Å². The quantitative estimate of drug-likeness (QED) is 0.236. The lowest BCUT2D eigenvalue weighted by Crippen LogP contribution is -2.40. The molecule has 0 amide bonds. The van der Waals surface area contributed by atoms with Gasteiger partial charge in [0.15, 0.2) is 0 Å². The Kier molecular flexibility index (Phi) is 5.27. The normalized spacial score (nSPS) is 15.8. The molecule has 0 radical (unpaired) electrons. The highest BCUT2D eigenvalue weighted by Crippen LogP contribution is 2.63. The van der Waals surface area contributed by atoms with Crippen molar-refractivity contribution in [2.24, 2.45) is 0 Å². The van der Waals surface area contributed by atoms with Crippen LogP contribution in [-0.2, 0) is 5.41 Å². The zero-order valence-electron chi connectivity index (χ0n) is 22.3. The van der Waals surface area contributed by atoms with Crippen molar-refractivity contribution in [1.82, 2.24) is 0 Å². The molecule has 0 nitrogen and oxygen atoms in total. The summed E-state index contributed by atoms with van der Waals surface area (Å²) >= 11 is 0. The summed E-state index contributed by atoms with van der Waals surface area (Å²) in [5, 5.41) is 0. The molecule has 184 valence electrons. The molecule has 0 saturated carbocycles. The minimum Gasteiger partial charge on any atom is -0.0751 e. The molecule has 5 aromatic rings. The molecule has 2 aliphatic carbocycles. The summed E-state index contributed by atoms with van der Waals surface area (Å²) in [5.41, 5.74) is 14.7. The minimum absolute atomic E-state index is 0.166. The van der Waals surface area contributed by atoms with Gasteiger partial charge in [-0.1, -0.05) is 144 Å². The minimum atomic E-state index is -0.332. The summed E-state index contributed by atoms with van der Waals surface area (Å²) in [6, 6.07) is 43.7. The van der Waals surface area contributed by atoms with Crippen LogP contribution in [0.25, 0.3) is 17.2 Å². The van der Waals surface area contributed by atoms with Crippen molar-refractivity contribution in [1.29, 1.82) is 0 Å². The molecule has 1 atom stereocenters. The Morgan fingerprint density at radius 2 is 1.00 bits per heavy atom. The van der Waals surface area contributed by atoms with Crippen LogP contribution >= 0.6 is 0 Å². The zero-order chi connectivity index (χ0) is 25.9. The second kappa shape index (κ2) is 8.71. The fourth-order valence-electron chi connectivity index (χ4n) is 7.28. The highest BCUT2D eigenvalue weighted by atomic mass is 14.5. The molecular weight excluding hydrogens is 456 g/mol. The summed E-state index contributed by atoms with van der Waals surface area (Å²) in [6.07, 6.45) is 4.84. The molecule has 0 fully saturated rings. The van der Waals surface area contributed by atoms with Gasteiger partial charge in [0.2, 0.25) is 0 Å². The van der Waals surface area contributed by atoms with E-state index in [2.05, 4.69) is 148 Å². The fraction of sp³-hybridized carbons (Fsp3) is 0.158. The second-order valence-electron chi connectivity index (χ2n) is 11.2. The average molecular weight is 489 g/mol. The number of hydrogen-bond donors (Lipinski definition) is 0. The summed E-state index contributed by atoms with van der Waals surface area (Å²) in [5.74, 6) is 0.353. The first-order chi connectivity index (χ1) is 18.6. The van der Waals surface area contributed by atoms with E-state index in [0.29, 0.717) is 0 Å². The first-order valence-electron chi connectivity index (χ1n) is 13.7. The SMILES string of the molecule is Cc1ccc2c(c1)C=CC2C(c1ccccc1)(c1ccccc1)C1c2cc(C)ccc2-c2ccc(C)cc21. The Balaban J connectivity index is 1.64. The van der Waals surface area contributed by atoms with Gasteiger partial charge in [0, 0.05) is 17.3 Å². The lowest BCUT2D eigenvalue weighted by atomic mass is 9.55. The topological polar surface area (TPSA) is 0 Å². The van der Waals surface area contributed by atoms with Gasteiger partial charge in [-0.25, -0.2) is 0 Å². The summed E-state index contributed by atoms with van der Waals surface area (Å²) in [6.45, 7) is 6.65. The lowest BCUT2D eigenvalue weighted by molar-refractivity contribution is 0.416. The first-order valence-corrected chi connectivity index (χ1v) is 13.7. The lowest BCUT2D eigenvalue weighted by Gasteiger charge is -2.46. The summed E-state index contributed by atoms with van der Waals surface area (Å²) in [4.78, 5) is 0. The predicted molar refractivity (Wildman–Crippen MR) is 160 cm³/mol. The Morgan fingerprint density at radius 3 is 1.55 bits per heavy atom. The van der Waals surface area contributed by atoms with E-state index in [-0.39, 0.29) is 17.3 Å². The molecule has 1 unspecified atom stereocenters. The first kappa shape index (κ1) is 23.0. The van der Waals surface area contributed by atoms with Gasteiger partial charge < -0.3 is 0 Å². The van der Waals surface area contributed by atoms with Crippen LogP contribution in [0.5, 0.6) is 0 Å². The van der Waals surface area contributed by atoms with Crippen molar-refractivity contribution in [2.45, 2.75) is 38.0 Å². The number of benzene rings is 5. The second-order valence-corrected chi connectivity index (χ2v) is 11.2. The maximum absolute atomic E-state index is 2.48. The summed E-state index contributed by atoms with van der Waals surface area (Å²) < 4.78 is 0. The molecule has 38 heavy (non-hydrogen) atoms. The largest absolute Gasteiger partial charge is 0.0751 e. The van der Waals surface area contributed by atoms with E-state index >= 15 is 0 Å². The van der Waals surface area contributed by atoms with Crippen LogP contribution in [0, 0.1) is 20.8 Å². The van der Waals surface area contributed by atoms with Gasteiger partial charge >= 0.3 is 0 Å². The fourth-order valence-corrected chi connectivity index (χ4v) is 7.28. The van der Waals surface area contributed by atoms with Gasteiger partial charge in [-0.15, -0.1) is 0 Å². The summed E-state index contributed by atoms with van der Waals surface area (Å²) in [7, 11) is 0. The van der Waals surface area contributed by atoms with E-state index in [1.165, 1.54) is 61.2 Å². The van der Waals surface area contributed by atoms with E-state index in [9.17, 15) is 0 Å². The van der Waals surface area contributed by atoms with Crippen molar-refractivity contribution in [3.8, 4) is 11.1 Å². The van der Waals surface area contributed by atoms with Gasteiger partial charge in [-0.2, -0.15) is 0 Å². The van der Waals surface area contributed by atoms with E-state index in [0.717, 1.165) is 0 Å². The molecule has 5 aromatic carbocycles. The number of allylic oxidation sites excluding steroid dienone is 1. The van der Waals surface area contributed by atoms with Gasteiger partial charge in [-0.05, 0) is 65.3 Å². The highest BCUT2D eigenvalue weighted by molar-refractivity contribution is 5.82. The molecule has 0 saturated heterocycles. The van der Waals surface area contributed by atoms with Crippen LogP contribution < -0.4 is 0 Å². The van der Waals surface area contributed by atoms with E-state index in [1.54, 1.807) is 0 Å². The van der Waals surface area contributed by atoms with Crippen LogP contribution in [0.15, 0.2) is 121 Å². The molecule has 0 bridgehead atoms. The molecule has 0 N–H and O–H groups in total. The molecule has 0 spiro atoms. The molecular formula is C38H32. The third-order valence-electron chi connectivity index (χ3n) is 8.82. The third-order valence-corrected chi connectivity index (χ3v) is 8.82. The van der Waals surface area contributed by atoms with Crippen LogP contribution in [0.3, 0.4) is 0 Å². The number of fused-ring (bicyclic) bond motifs is 4. The molecule has 2 aliphatic rings. The molecule has 0 heterocycles.